The lowest BCUT2D eigenvalue weighted by Gasteiger charge is -2.15. The molecule has 0 radical (unpaired) electrons. The van der Waals surface area contributed by atoms with E-state index in [9.17, 15) is 4.79 Å². The molecule has 0 aliphatic rings. The number of nitrogens with zero attached hydrogens (tertiary/aromatic N) is 1. The average Bonchev–Trinajstić information content (AvgIpc) is 2.39. The van der Waals surface area contributed by atoms with Crippen LogP contribution in [0.2, 0.25) is 0 Å². The summed E-state index contributed by atoms with van der Waals surface area (Å²) >= 11 is 0. The summed E-state index contributed by atoms with van der Waals surface area (Å²) in [7, 11) is 1.65. The molecule has 2 N–H and O–H groups in total. The minimum Gasteiger partial charge on any atom is -0.395 e. The molecule has 0 saturated carbocycles. The topological polar surface area (TPSA) is 60.8 Å². The second-order valence-corrected chi connectivity index (χ2v) is 3.80. The van der Waals surface area contributed by atoms with E-state index in [2.05, 4.69) is 11.8 Å². The van der Waals surface area contributed by atoms with Crippen molar-refractivity contribution < 1.29 is 15.0 Å². The number of carbonyl (C=O) groups excluding carboxylic acids is 1. The van der Waals surface area contributed by atoms with Crippen LogP contribution in [0.4, 0.5) is 0 Å². The summed E-state index contributed by atoms with van der Waals surface area (Å²) in [6.45, 7) is 0.319. The lowest BCUT2D eigenvalue weighted by Crippen LogP contribution is -2.29. The van der Waals surface area contributed by atoms with Crippen molar-refractivity contribution in [2.75, 3.05) is 26.8 Å². The van der Waals surface area contributed by atoms with E-state index in [1.165, 1.54) is 4.90 Å². The van der Waals surface area contributed by atoms with Crippen molar-refractivity contribution in [2.24, 2.45) is 0 Å². The lowest BCUT2D eigenvalue weighted by molar-refractivity contribution is 0.0767. The van der Waals surface area contributed by atoms with Gasteiger partial charge in [-0.15, -0.1) is 0 Å². The fourth-order valence-corrected chi connectivity index (χ4v) is 1.39. The molecule has 1 aromatic rings. The minimum absolute atomic E-state index is 0.0487. The van der Waals surface area contributed by atoms with E-state index in [1.807, 2.05) is 0 Å². The molecule has 0 aromatic heterocycles. The Morgan fingerprint density at radius 3 is 2.44 bits per heavy atom. The molecule has 0 aliphatic carbocycles. The predicted octanol–water partition coefficient (Wildman–Crippen LogP) is 0.485. The SMILES string of the molecule is CN(CCO)C(=O)c1ccc(C#CCCO)cc1. The van der Waals surface area contributed by atoms with E-state index in [0.717, 1.165) is 5.56 Å². The normalized spacial score (nSPS) is 9.50. The number of hydrogen-bond acceptors (Lipinski definition) is 3. The minimum atomic E-state index is -0.126. The zero-order valence-electron chi connectivity index (χ0n) is 10.4. The van der Waals surface area contributed by atoms with E-state index < -0.39 is 0 Å². The van der Waals surface area contributed by atoms with E-state index >= 15 is 0 Å². The first-order chi connectivity index (χ1) is 8.69. The molecule has 0 heterocycles. The summed E-state index contributed by atoms with van der Waals surface area (Å²) < 4.78 is 0. The third-order valence-corrected chi connectivity index (χ3v) is 2.38. The van der Waals surface area contributed by atoms with Gasteiger partial charge in [-0.05, 0) is 24.3 Å². The van der Waals surface area contributed by atoms with Crippen LogP contribution in [0.5, 0.6) is 0 Å². The van der Waals surface area contributed by atoms with Crippen molar-refractivity contribution in [1.29, 1.82) is 0 Å². The number of likely N-dealkylation sites (N-methyl/N-ethyl adjacent to an activating group) is 1. The number of aliphatic hydroxyl groups excluding tert-OH is 2. The molecule has 18 heavy (non-hydrogen) atoms. The van der Waals surface area contributed by atoms with Crippen LogP contribution in [-0.4, -0.2) is 47.8 Å². The number of hydrogen-bond donors (Lipinski definition) is 2. The second kappa shape index (κ2) is 7.49. The average molecular weight is 247 g/mol. The smallest absolute Gasteiger partial charge is 0.253 e. The zero-order chi connectivity index (χ0) is 13.4. The Balaban J connectivity index is 2.71. The van der Waals surface area contributed by atoms with Gasteiger partial charge in [-0.25, -0.2) is 0 Å². The number of benzene rings is 1. The predicted molar refractivity (Wildman–Crippen MR) is 69.1 cm³/mol. The molecule has 0 saturated heterocycles. The Kier molecular flexibility index (Phi) is 5.92. The molecule has 0 spiro atoms. The Hall–Kier alpha value is -1.83. The highest BCUT2D eigenvalue weighted by Gasteiger charge is 2.10. The molecule has 0 bridgehead atoms. The molecule has 1 amide bonds. The van der Waals surface area contributed by atoms with Gasteiger partial charge in [0.25, 0.3) is 5.91 Å². The summed E-state index contributed by atoms with van der Waals surface area (Å²) in [6, 6.07) is 6.95. The van der Waals surface area contributed by atoms with Gasteiger partial charge in [0.15, 0.2) is 0 Å². The molecule has 0 aliphatic heterocycles. The highest BCUT2D eigenvalue weighted by molar-refractivity contribution is 5.94. The quantitative estimate of drug-likeness (QED) is 0.761. The molecule has 4 nitrogen and oxygen atoms in total. The maximum Gasteiger partial charge on any atom is 0.253 e. The Morgan fingerprint density at radius 1 is 1.22 bits per heavy atom. The molecule has 0 fully saturated rings. The highest BCUT2D eigenvalue weighted by Crippen LogP contribution is 2.06. The van der Waals surface area contributed by atoms with Crippen LogP contribution in [0, 0.1) is 11.8 Å². The standard InChI is InChI=1S/C14H17NO3/c1-15(9-11-17)14(18)13-7-5-12(6-8-13)4-2-3-10-16/h5-8,16-17H,3,9-11H2,1H3. The fourth-order valence-electron chi connectivity index (χ4n) is 1.39. The summed E-state index contributed by atoms with van der Waals surface area (Å²) in [6.07, 6.45) is 0.444. The van der Waals surface area contributed by atoms with Gasteiger partial charge in [0, 0.05) is 31.1 Å². The van der Waals surface area contributed by atoms with E-state index in [-0.39, 0.29) is 19.1 Å². The van der Waals surface area contributed by atoms with Gasteiger partial charge in [0.05, 0.1) is 13.2 Å². The van der Waals surface area contributed by atoms with Gasteiger partial charge in [-0.3, -0.25) is 4.79 Å². The summed E-state index contributed by atoms with van der Waals surface area (Å²) in [5, 5.41) is 17.4. The van der Waals surface area contributed by atoms with Crippen LogP contribution in [-0.2, 0) is 0 Å². The van der Waals surface area contributed by atoms with Crippen LogP contribution in [0.15, 0.2) is 24.3 Å². The third kappa shape index (κ3) is 4.21. The monoisotopic (exact) mass is 247 g/mol. The van der Waals surface area contributed by atoms with Gasteiger partial charge in [0.1, 0.15) is 0 Å². The lowest BCUT2D eigenvalue weighted by atomic mass is 10.1. The van der Waals surface area contributed by atoms with E-state index in [4.69, 9.17) is 10.2 Å². The van der Waals surface area contributed by atoms with Crippen LogP contribution in [0.25, 0.3) is 0 Å². The third-order valence-electron chi connectivity index (χ3n) is 2.38. The van der Waals surface area contributed by atoms with Gasteiger partial charge >= 0.3 is 0 Å². The van der Waals surface area contributed by atoms with Gasteiger partial charge in [-0.1, -0.05) is 11.8 Å². The summed E-state index contributed by atoms with van der Waals surface area (Å²) in [5.41, 5.74) is 1.38. The first kappa shape index (κ1) is 14.2. The second-order valence-electron chi connectivity index (χ2n) is 3.80. The fraction of sp³-hybridized carbons (Fsp3) is 0.357. The highest BCUT2D eigenvalue weighted by atomic mass is 16.3. The van der Waals surface area contributed by atoms with Gasteiger partial charge < -0.3 is 15.1 Å². The van der Waals surface area contributed by atoms with E-state index in [1.54, 1.807) is 31.3 Å². The summed E-state index contributed by atoms with van der Waals surface area (Å²) in [5.74, 6) is 5.58. The number of carbonyl (C=O) groups is 1. The van der Waals surface area contributed by atoms with Crippen LogP contribution < -0.4 is 0 Å². The molecule has 0 atom stereocenters. The molecule has 96 valence electrons. The molecule has 1 aromatic carbocycles. The van der Waals surface area contributed by atoms with Crippen molar-refractivity contribution in [2.45, 2.75) is 6.42 Å². The molecular weight excluding hydrogens is 230 g/mol. The van der Waals surface area contributed by atoms with Crippen molar-refractivity contribution in [3.8, 4) is 11.8 Å². The number of rotatable bonds is 4. The first-order valence-corrected chi connectivity index (χ1v) is 5.75. The van der Waals surface area contributed by atoms with E-state index in [0.29, 0.717) is 18.5 Å². The van der Waals surface area contributed by atoms with Crippen molar-refractivity contribution in [1.82, 2.24) is 4.90 Å². The largest absolute Gasteiger partial charge is 0.395 e. The van der Waals surface area contributed by atoms with Gasteiger partial charge in [0.2, 0.25) is 0 Å². The maximum absolute atomic E-state index is 11.9. The maximum atomic E-state index is 11.9. The van der Waals surface area contributed by atoms with Crippen molar-refractivity contribution in [3.05, 3.63) is 35.4 Å². The van der Waals surface area contributed by atoms with Crippen LogP contribution >= 0.6 is 0 Å². The van der Waals surface area contributed by atoms with Crippen molar-refractivity contribution >= 4 is 5.91 Å². The number of aliphatic hydroxyl groups is 2. The van der Waals surface area contributed by atoms with Crippen LogP contribution in [0.3, 0.4) is 0 Å². The molecule has 1 rings (SSSR count). The van der Waals surface area contributed by atoms with Gasteiger partial charge in [-0.2, -0.15) is 0 Å². The Bertz CT molecular complexity index is 442. The summed E-state index contributed by atoms with van der Waals surface area (Å²) in [4.78, 5) is 13.3. The molecule has 4 heteroatoms. The van der Waals surface area contributed by atoms with Crippen LogP contribution in [0.1, 0.15) is 22.3 Å². The molecular formula is C14H17NO3. The molecule has 0 unspecified atom stereocenters. The number of amides is 1. The van der Waals surface area contributed by atoms with Crippen molar-refractivity contribution in [3.63, 3.8) is 0 Å². The Labute approximate surface area is 107 Å². The first-order valence-electron chi connectivity index (χ1n) is 5.75. The zero-order valence-corrected chi connectivity index (χ0v) is 10.4. The Morgan fingerprint density at radius 2 is 1.89 bits per heavy atom.